The highest BCUT2D eigenvalue weighted by molar-refractivity contribution is 4.88. The van der Waals surface area contributed by atoms with Crippen molar-refractivity contribution in [2.75, 3.05) is 0 Å². The fourth-order valence-corrected chi connectivity index (χ4v) is 1.00. The van der Waals surface area contributed by atoms with Gasteiger partial charge >= 0.3 is 0 Å². The summed E-state index contributed by atoms with van der Waals surface area (Å²) in [5.74, 6) is 0. The fraction of sp³-hybridized carbons (Fsp3) is 0.889. The molecule has 0 unspecified atom stereocenters. The summed E-state index contributed by atoms with van der Waals surface area (Å²) in [6.07, 6.45) is 1.13. The van der Waals surface area contributed by atoms with Crippen molar-refractivity contribution in [3.05, 3.63) is 6.92 Å². The minimum atomic E-state index is -0.0144. The van der Waals surface area contributed by atoms with E-state index < -0.39 is 0 Å². The van der Waals surface area contributed by atoms with Gasteiger partial charge in [0.15, 0.2) is 0 Å². The van der Waals surface area contributed by atoms with Gasteiger partial charge in [-0.25, -0.2) is 0 Å². The van der Waals surface area contributed by atoms with Crippen molar-refractivity contribution in [3.8, 4) is 0 Å². The summed E-state index contributed by atoms with van der Waals surface area (Å²) in [6, 6.07) is 0. The third-order valence-electron chi connectivity index (χ3n) is 1.56. The van der Waals surface area contributed by atoms with Crippen LogP contribution in [0.3, 0.4) is 0 Å². The van der Waals surface area contributed by atoms with Gasteiger partial charge in [0.1, 0.15) is 0 Å². The van der Waals surface area contributed by atoms with Crippen molar-refractivity contribution in [2.45, 2.75) is 52.1 Å². The highest BCUT2D eigenvalue weighted by atomic mass is 15.0. The minimum absolute atomic E-state index is 0.0144. The van der Waals surface area contributed by atoms with E-state index in [1.807, 2.05) is 0 Å². The maximum Gasteiger partial charge on any atom is 0.0100 e. The second-order valence-corrected chi connectivity index (χ2v) is 4.25. The Morgan fingerprint density at radius 2 is 1.60 bits per heavy atom. The van der Waals surface area contributed by atoms with Gasteiger partial charge in [-0.1, -0.05) is 20.8 Å². The predicted octanol–water partition coefficient (Wildman–Crippen LogP) is 2.38. The van der Waals surface area contributed by atoms with E-state index in [1.54, 1.807) is 0 Å². The monoisotopic (exact) mass is 142 g/mol. The van der Waals surface area contributed by atoms with E-state index in [-0.39, 0.29) is 11.1 Å². The van der Waals surface area contributed by atoms with Gasteiger partial charge in [-0.3, -0.25) is 0 Å². The maximum absolute atomic E-state index is 3.99. The van der Waals surface area contributed by atoms with Crippen molar-refractivity contribution in [2.24, 2.45) is 0 Å². The van der Waals surface area contributed by atoms with Gasteiger partial charge in [-0.2, -0.15) is 0 Å². The van der Waals surface area contributed by atoms with Crippen molar-refractivity contribution in [1.29, 1.82) is 0 Å². The first-order valence-electron chi connectivity index (χ1n) is 3.91. The third kappa shape index (κ3) is 4.80. The summed E-state index contributed by atoms with van der Waals surface area (Å²) in [5, 5.41) is 3.43. The summed E-state index contributed by atoms with van der Waals surface area (Å²) in [7, 11) is 0. The molecule has 0 saturated heterocycles. The van der Waals surface area contributed by atoms with Crippen LogP contribution in [0.2, 0.25) is 0 Å². The molecule has 0 aliphatic heterocycles. The Labute approximate surface area is 65.2 Å². The molecule has 0 heterocycles. The van der Waals surface area contributed by atoms with Crippen LogP contribution < -0.4 is 5.32 Å². The summed E-state index contributed by atoms with van der Waals surface area (Å²) in [6.45, 7) is 14.7. The molecule has 62 valence electrons. The Bertz CT molecular complexity index is 97.8. The first-order chi connectivity index (χ1) is 4.27. The highest BCUT2D eigenvalue weighted by Gasteiger charge is 2.17. The molecular formula is C9H20N-. The zero-order valence-corrected chi connectivity index (χ0v) is 7.91. The number of rotatable bonds is 3. The second kappa shape index (κ2) is 2.91. The van der Waals surface area contributed by atoms with Gasteiger partial charge < -0.3 is 12.2 Å². The topological polar surface area (TPSA) is 12.0 Å². The van der Waals surface area contributed by atoms with Crippen molar-refractivity contribution < 1.29 is 0 Å². The van der Waals surface area contributed by atoms with Gasteiger partial charge in [-0.05, 0) is 20.3 Å². The Balaban J connectivity index is 3.89. The van der Waals surface area contributed by atoms with Crippen LogP contribution in [0.5, 0.6) is 0 Å². The first-order valence-corrected chi connectivity index (χ1v) is 3.91. The molecule has 0 spiro atoms. The molecule has 0 aromatic rings. The molecule has 0 aromatic carbocycles. The number of hydrogen-bond donors (Lipinski definition) is 1. The van der Waals surface area contributed by atoms with Crippen molar-refractivity contribution in [3.63, 3.8) is 0 Å². The molecule has 0 saturated carbocycles. The molecule has 0 atom stereocenters. The van der Waals surface area contributed by atoms with Crippen LogP contribution in [0.1, 0.15) is 41.0 Å². The molecule has 0 aliphatic carbocycles. The molecule has 10 heavy (non-hydrogen) atoms. The molecule has 1 nitrogen and oxygen atoms in total. The molecule has 0 radical (unpaired) electrons. The average Bonchev–Trinajstić information content (AvgIpc) is 1.60. The van der Waals surface area contributed by atoms with E-state index in [1.165, 1.54) is 0 Å². The van der Waals surface area contributed by atoms with Crippen molar-refractivity contribution >= 4 is 0 Å². The lowest BCUT2D eigenvalue weighted by Gasteiger charge is -2.39. The van der Waals surface area contributed by atoms with E-state index in [9.17, 15) is 0 Å². The van der Waals surface area contributed by atoms with Crippen molar-refractivity contribution in [1.82, 2.24) is 5.32 Å². The van der Waals surface area contributed by atoms with Crippen LogP contribution in [0.25, 0.3) is 0 Å². The van der Waals surface area contributed by atoms with E-state index in [0.717, 1.165) is 6.42 Å². The van der Waals surface area contributed by atoms with Crippen LogP contribution in [0.4, 0.5) is 0 Å². The van der Waals surface area contributed by atoms with Crippen LogP contribution in [0.15, 0.2) is 0 Å². The lowest BCUT2D eigenvalue weighted by atomic mass is 9.96. The zero-order chi connectivity index (χ0) is 8.41. The largest absolute Gasteiger partial charge is 0.336 e. The standard InChI is InChI=1S/C9H20N/c1-7-9(5,6)10-8(2,3)4/h10H,2,7H2,1,3-6H3/q-1. The Morgan fingerprint density at radius 1 is 1.20 bits per heavy atom. The first kappa shape index (κ1) is 9.96. The van der Waals surface area contributed by atoms with Gasteiger partial charge in [0, 0.05) is 5.54 Å². The van der Waals surface area contributed by atoms with Gasteiger partial charge in [0.25, 0.3) is 0 Å². The second-order valence-electron chi connectivity index (χ2n) is 4.25. The van der Waals surface area contributed by atoms with Gasteiger partial charge in [0.05, 0.1) is 0 Å². The SMILES string of the molecule is [CH2-]C(C)(C)NC(C)(C)CC. The molecule has 1 heteroatoms. The van der Waals surface area contributed by atoms with Crippen LogP contribution in [-0.2, 0) is 0 Å². The van der Waals surface area contributed by atoms with Crippen LogP contribution in [0, 0.1) is 6.92 Å². The van der Waals surface area contributed by atoms with E-state index in [2.05, 4.69) is 46.9 Å². The van der Waals surface area contributed by atoms with Crippen LogP contribution >= 0.6 is 0 Å². The van der Waals surface area contributed by atoms with Gasteiger partial charge in [-0.15, -0.1) is 5.54 Å². The van der Waals surface area contributed by atoms with E-state index in [0.29, 0.717) is 0 Å². The summed E-state index contributed by atoms with van der Waals surface area (Å²) < 4.78 is 0. The highest BCUT2D eigenvalue weighted by Crippen LogP contribution is 2.12. The Morgan fingerprint density at radius 3 is 1.70 bits per heavy atom. The quantitative estimate of drug-likeness (QED) is 0.596. The molecular weight excluding hydrogens is 122 g/mol. The Hall–Kier alpha value is -0.0400. The summed E-state index contributed by atoms with van der Waals surface area (Å²) in [4.78, 5) is 0. The smallest absolute Gasteiger partial charge is 0.0100 e. The zero-order valence-electron chi connectivity index (χ0n) is 7.91. The number of nitrogens with one attached hydrogen (secondary N) is 1. The molecule has 0 amide bonds. The summed E-state index contributed by atoms with van der Waals surface area (Å²) >= 11 is 0. The molecule has 0 aliphatic rings. The summed E-state index contributed by atoms with van der Waals surface area (Å²) in [5.41, 5.74) is 0.199. The maximum atomic E-state index is 3.99. The van der Waals surface area contributed by atoms with E-state index >= 15 is 0 Å². The lowest BCUT2D eigenvalue weighted by Crippen LogP contribution is -2.50. The molecule has 0 aromatic heterocycles. The fourth-order valence-electron chi connectivity index (χ4n) is 1.00. The lowest BCUT2D eigenvalue weighted by molar-refractivity contribution is 0.296. The molecule has 1 N–H and O–H groups in total. The van der Waals surface area contributed by atoms with Gasteiger partial charge in [0.2, 0.25) is 0 Å². The predicted molar refractivity (Wildman–Crippen MR) is 46.9 cm³/mol. The molecule has 0 bridgehead atoms. The van der Waals surface area contributed by atoms with E-state index in [4.69, 9.17) is 0 Å². The normalized spacial score (nSPS) is 13.8. The molecule has 0 rings (SSSR count). The molecule has 0 fully saturated rings. The minimum Gasteiger partial charge on any atom is -0.336 e. The Kier molecular flexibility index (Phi) is 2.90. The average molecular weight is 142 g/mol. The number of hydrogen-bond acceptors (Lipinski definition) is 1. The van der Waals surface area contributed by atoms with Crippen LogP contribution in [-0.4, -0.2) is 11.1 Å². The third-order valence-corrected chi connectivity index (χ3v) is 1.56.